The van der Waals surface area contributed by atoms with Crippen LogP contribution in [0.25, 0.3) is 11.6 Å². The van der Waals surface area contributed by atoms with Crippen molar-refractivity contribution in [3.8, 4) is 11.5 Å². The quantitative estimate of drug-likeness (QED) is 0.630. The molecular formula is C19H16F2O4. The number of hydrogen-bond donors (Lipinski definition) is 1. The van der Waals surface area contributed by atoms with Crippen LogP contribution < -0.4 is 9.47 Å². The topological polar surface area (TPSA) is 55.8 Å². The van der Waals surface area contributed by atoms with E-state index in [0.29, 0.717) is 11.1 Å². The zero-order valence-electron chi connectivity index (χ0n) is 13.6. The summed E-state index contributed by atoms with van der Waals surface area (Å²) in [6, 6.07) is 8.08. The van der Waals surface area contributed by atoms with E-state index in [9.17, 15) is 18.7 Å². The number of carbonyl (C=O) groups is 1. The fourth-order valence-electron chi connectivity index (χ4n) is 2.15. The zero-order chi connectivity index (χ0) is 18.4. The molecule has 0 unspecified atom stereocenters. The van der Waals surface area contributed by atoms with Gasteiger partial charge < -0.3 is 14.6 Å². The number of rotatable bonds is 6. The molecule has 0 saturated carbocycles. The van der Waals surface area contributed by atoms with E-state index in [1.54, 1.807) is 6.08 Å². The van der Waals surface area contributed by atoms with Crippen molar-refractivity contribution in [2.24, 2.45) is 0 Å². The molecule has 25 heavy (non-hydrogen) atoms. The second kappa shape index (κ2) is 8.10. The number of methoxy groups -OCH3 is 2. The molecule has 0 fully saturated rings. The number of halogens is 2. The summed E-state index contributed by atoms with van der Waals surface area (Å²) in [5, 5.41) is 9.37. The molecule has 6 heteroatoms. The molecule has 2 aromatic rings. The molecule has 0 atom stereocenters. The van der Waals surface area contributed by atoms with Crippen LogP contribution >= 0.6 is 0 Å². The Kier molecular flexibility index (Phi) is 5.89. The van der Waals surface area contributed by atoms with Gasteiger partial charge in [0, 0.05) is 0 Å². The Morgan fingerprint density at radius 2 is 1.60 bits per heavy atom. The number of carboxylic acid groups (broad SMARTS) is 1. The average molecular weight is 346 g/mol. The van der Waals surface area contributed by atoms with Crippen LogP contribution in [0.1, 0.15) is 11.1 Å². The lowest BCUT2D eigenvalue weighted by Crippen LogP contribution is -2.00. The number of carboxylic acids is 1. The van der Waals surface area contributed by atoms with Crippen molar-refractivity contribution in [2.45, 2.75) is 0 Å². The predicted molar refractivity (Wildman–Crippen MR) is 90.6 cm³/mol. The molecule has 1 N–H and O–H groups in total. The van der Waals surface area contributed by atoms with E-state index in [1.807, 2.05) is 0 Å². The van der Waals surface area contributed by atoms with E-state index < -0.39 is 17.6 Å². The molecule has 0 aliphatic rings. The molecule has 0 heterocycles. The van der Waals surface area contributed by atoms with Gasteiger partial charge >= 0.3 is 5.97 Å². The number of allylic oxidation sites excluding steroid dienone is 2. The molecule has 0 amide bonds. The van der Waals surface area contributed by atoms with Crippen LogP contribution in [0, 0.1) is 11.6 Å². The Balaban J connectivity index is 2.33. The Morgan fingerprint density at radius 1 is 1.00 bits per heavy atom. The highest BCUT2D eigenvalue weighted by molar-refractivity contribution is 6.15. The minimum atomic E-state index is -1.17. The molecule has 0 bridgehead atoms. The molecule has 0 spiro atoms. The fraction of sp³-hybridized carbons (Fsp3) is 0.105. The summed E-state index contributed by atoms with van der Waals surface area (Å²) in [7, 11) is 2.66. The van der Waals surface area contributed by atoms with Crippen LogP contribution in [0.3, 0.4) is 0 Å². The normalized spacial score (nSPS) is 11.6. The first-order chi connectivity index (χ1) is 12.0. The van der Waals surface area contributed by atoms with Crippen LogP contribution in [0.2, 0.25) is 0 Å². The highest BCUT2D eigenvalue weighted by Gasteiger charge is 2.12. The third-order valence-electron chi connectivity index (χ3n) is 3.42. The van der Waals surface area contributed by atoms with E-state index >= 15 is 0 Å². The molecular weight excluding hydrogens is 330 g/mol. The van der Waals surface area contributed by atoms with E-state index in [-0.39, 0.29) is 17.1 Å². The van der Waals surface area contributed by atoms with Crippen LogP contribution in [0.5, 0.6) is 11.5 Å². The molecule has 4 nitrogen and oxygen atoms in total. The smallest absolute Gasteiger partial charge is 0.336 e. The third-order valence-corrected chi connectivity index (χ3v) is 3.42. The number of hydrogen-bond acceptors (Lipinski definition) is 3. The maximum absolute atomic E-state index is 13.5. The van der Waals surface area contributed by atoms with Crippen LogP contribution in [-0.4, -0.2) is 25.3 Å². The monoisotopic (exact) mass is 346 g/mol. The summed E-state index contributed by atoms with van der Waals surface area (Å²) in [6.07, 6.45) is 4.47. The first-order valence-electron chi connectivity index (χ1n) is 7.25. The summed E-state index contributed by atoms with van der Waals surface area (Å²) in [4.78, 5) is 11.5. The van der Waals surface area contributed by atoms with Crippen molar-refractivity contribution >= 4 is 17.6 Å². The largest absolute Gasteiger partial charge is 0.494 e. The van der Waals surface area contributed by atoms with Crippen molar-refractivity contribution in [3.05, 3.63) is 71.3 Å². The molecule has 0 aliphatic heterocycles. The summed E-state index contributed by atoms with van der Waals surface area (Å²) < 4.78 is 36.6. The highest BCUT2D eigenvalue weighted by atomic mass is 19.1. The van der Waals surface area contributed by atoms with Gasteiger partial charge in [-0.25, -0.2) is 13.6 Å². The van der Waals surface area contributed by atoms with Crippen molar-refractivity contribution in [1.29, 1.82) is 0 Å². The van der Waals surface area contributed by atoms with E-state index in [0.717, 1.165) is 6.07 Å². The van der Waals surface area contributed by atoms with Crippen molar-refractivity contribution < 1.29 is 28.2 Å². The molecule has 130 valence electrons. The summed E-state index contributed by atoms with van der Waals surface area (Å²) in [5.74, 6) is -2.19. The predicted octanol–water partition coefficient (Wildman–Crippen LogP) is 4.16. The lowest BCUT2D eigenvalue weighted by molar-refractivity contribution is -0.130. The van der Waals surface area contributed by atoms with Gasteiger partial charge in [0.15, 0.2) is 23.1 Å². The molecule has 2 aromatic carbocycles. The highest BCUT2D eigenvalue weighted by Crippen LogP contribution is 2.24. The van der Waals surface area contributed by atoms with Crippen LogP contribution in [0.15, 0.2) is 48.6 Å². The molecule has 0 radical (unpaired) electrons. The Labute approximate surface area is 143 Å². The molecule has 0 aromatic heterocycles. The van der Waals surface area contributed by atoms with E-state index in [2.05, 4.69) is 0 Å². The van der Waals surface area contributed by atoms with Crippen LogP contribution in [0.4, 0.5) is 8.78 Å². The first-order valence-corrected chi connectivity index (χ1v) is 7.25. The first kappa shape index (κ1) is 18.2. The van der Waals surface area contributed by atoms with Gasteiger partial charge in [-0.3, -0.25) is 0 Å². The lowest BCUT2D eigenvalue weighted by atomic mass is 10.0. The minimum Gasteiger partial charge on any atom is -0.494 e. The van der Waals surface area contributed by atoms with Gasteiger partial charge in [-0.15, -0.1) is 0 Å². The van der Waals surface area contributed by atoms with Gasteiger partial charge in [0.25, 0.3) is 0 Å². The Bertz CT molecular complexity index is 841. The van der Waals surface area contributed by atoms with Gasteiger partial charge in [-0.2, -0.15) is 0 Å². The fourth-order valence-corrected chi connectivity index (χ4v) is 2.15. The average Bonchev–Trinajstić information content (AvgIpc) is 2.60. The molecule has 0 aliphatic carbocycles. The second-order valence-electron chi connectivity index (χ2n) is 4.99. The number of benzene rings is 2. The zero-order valence-corrected chi connectivity index (χ0v) is 13.6. The Hall–Kier alpha value is -3.15. The van der Waals surface area contributed by atoms with Gasteiger partial charge in [-0.1, -0.05) is 24.3 Å². The minimum absolute atomic E-state index is 0.0383. The second-order valence-corrected chi connectivity index (χ2v) is 4.99. The summed E-state index contributed by atoms with van der Waals surface area (Å²) in [5.41, 5.74) is 0.895. The van der Waals surface area contributed by atoms with Crippen molar-refractivity contribution in [3.63, 3.8) is 0 Å². The molecule has 0 saturated heterocycles. The van der Waals surface area contributed by atoms with E-state index in [4.69, 9.17) is 9.47 Å². The lowest BCUT2D eigenvalue weighted by Gasteiger charge is -2.06. The van der Waals surface area contributed by atoms with E-state index in [1.165, 1.54) is 56.7 Å². The van der Waals surface area contributed by atoms with Gasteiger partial charge in [0.1, 0.15) is 0 Å². The van der Waals surface area contributed by atoms with Gasteiger partial charge in [0.05, 0.1) is 19.8 Å². The third kappa shape index (κ3) is 4.44. The van der Waals surface area contributed by atoms with Crippen molar-refractivity contribution in [1.82, 2.24) is 0 Å². The van der Waals surface area contributed by atoms with Gasteiger partial charge in [-0.05, 0) is 41.5 Å². The molecule has 2 rings (SSSR count). The summed E-state index contributed by atoms with van der Waals surface area (Å²) in [6.45, 7) is 0. The SMILES string of the molecule is COc1cc(/C=C/C=C(\C(=O)O)c2ccc(F)c(OC)c2)ccc1F. The van der Waals surface area contributed by atoms with Gasteiger partial charge in [0.2, 0.25) is 0 Å². The Morgan fingerprint density at radius 3 is 2.20 bits per heavy atom. The standard InChI is InChI=1S/C19H16F2O4/c1-24-17-10-12(6-8-15(17)20)4-3-5-14(19(22)23)13-7-9-16(21)18(11-13)25-2/h3-11H,1-2H3,(H,22,23)/b4-3+,14-5-. The maximum atomic E-state index is 13.5. The van der Waals surface area contributed by atoms with Crippen LogP contribution in [-0.2, 0) is 4.79 Å². The number of aliphatic carboxylic acids is 1. The van der Waals surface area contributed by atoms with Crippen molar-refractivity contribution in [2.75, 3.05) is 14.2 Å². The number of ether oxygens (including phenoxy) is 2. The summed E-state index contributed by atoms with van der Waals surface area (Å²) >= 11 is 0. The maximum Gasteiger partial charge on any atom is 0.336 e.